The van der Waals surface area contributed by atoms with Crippen molar-refractivity contribution in [3.05, 3.63) is 24.2 Å². The second kappa shape index (κ2) is 7.30. The van der Waals surface area contributed by atoms with Gasteiger partial charge in [-0.05, 0) is 37.7 Å². The molecule has 0 aromatic carbocycles. The predicted molar refractivity (Wildman–Crippen MR) is 92.9 cm³/mol. The van der Waals surface area contributed by atoms with Gasteiger partial charge in [0.15, 0.2) is 5.65 Å². The molecule has 1 fully saturated rings. The first-order chi connectivity index (χ1) is 11.6. The molecule has 24 heavy (non-hydrogen) atoms. The number of ether oxygens (including phenoxy) is 1. The van der Waals surface area contributed by atoms with E-state index >= 15 is 0 Å². The number of rotatable bonds is 5. The third kappa shape index (κ3) is 3.75. The van der Waals surface area contributed by atoms with Crippen LogP contribution in [0.2, 0.25) is 0 Å². The smallest absolute Gasteiger partial charge is 0.253 e. The molecule has 1 aliphatic rings. The van der Waals surface area contributed by atoms with Gasteiger partial charge in [0.25, 0.3) is 5.91 Å². The van der Waals surface area contributed by atoms with Crippen molar-refractivity contribution >= 4 is 17.1 Å². The van der Waals surface area contributed by atoms with Crippen LogP contribution in [0.3, 0.4) is 0 Å². The minimum atomic E-state index is -0.0660. The third-order valence-corrected chi connectivity index (χ3v) is 4.62. The molecule has 1 N–H and O–H groups in total. The summed E-state index contributed by atoms with van der Waals surface area (Å²) in [6.07, 6.45) is 7.70. The second-order valence-electron chi connectivity index (χ2n) is 7.04. The summed E-state index contributed by atoms with van der Waals surface area (Å²) in [4.78, 5) is 21.3. The van der Waals surface area contributed by atoms with Crippen LogP contribution in [0.25, 0.3) is 11.2 Å². The van der Waals surface area contributed by atoms with Crippen molar-refractivity contribution in [2.75, 3.05) is 7.11 Å². The van der Waals surface area contributed by atoms with Crippen LogP contribution in [-0.2, 0) is 11.3 Å². The maximum atomic E-state index is 12.5. The van der Waals surface area contributed by atoms with Gasteiger partial charge in [-0.25, -0.2) is 9.97 Å². The molecule has 6 heteroatoms. The molecule has 0 bridgehead atoms. The molecule has 0 radical (unpaired) electrons. The van der Waals surface area contributed by atoms with Crippen LogP contribution < -0.4 is 5.32 Å². The van der Waals surface area contributed by atoms with E-state index in [0.717, 1.165) is 43.4 Å². The Labute approximate surface area is 142 Å². The van der Waals surface area contributed by atoms with Crippen LogP contribution in [0.15, 0.2) is 18.6 Å². The van der Waals surface area contributed by atoms with Gasteiger partial charge < -0.3 is 14.6 Å². The van der Waals surface area contributed by atoms with Gasteiger partial charge in [0.1, 0.15) is 5.52 Å². The van der Waals surface area contributed by atoms with Crippen molar-refractivity contribution in [1.82, 2.24) is 19.9 Å². The standard InChI is InChI=1S/C18H26N4O2/c1-12(2)10-22-11-20-16-8-13(9-19-17(16)22)18(23)21-14-4-6-15(24-3)7-5-14/h8-9,11-12,14-15H,4-7,10H2,1-3H3,(H,21,23). The number of nitrogens with zero attached hydrogens (tertiary/aromatic N) is 3. The second-order valence-corrected chi connectivity index (χ2v) is 7.04. The Morgan fingerprint density at radius 1 is 1.33 bits per heavy atom. The maximum Gasteiger partial charge on any atom is 0.253 e. The molecule has 3 rings (SSSR count). The van der Waals surface area contributed by atoms with Gasteiger partial charge in [0.05, 0.1) is 18.0 Å². The molecule has 1 saturated carbocycles. The molecular formula is C18H26N4O2. The number of nitrogens with one attached hydrogen (secondary N) is 1. The van der Waals surface area contributed by atoms with Gasteiger partial charge in [0, 0.05) is 25.9 Å². The zero-order valence-corrected chi connectivity index (χ0v) is 14.7. The molecule has 0 atom stereocenters. The van der Waals surface area contributed by atoms with E-state index in [1.165, 1.54) is 0 Å². The molecule has 0 aliphatic heterocycles. The quantitative estimate of drug-likeness (QED) is 0.915. The summed E-state index contributed by atoms with van der Waals surface area (Å²) in [5, 5.41) is 3.11. The number of hydrogen-bond acceptors (Lipinski definition) is 4. The summed E-state index contributed by atoms with van der Waals surface area (Å²) in [6, 6.07) is 2.05. The van der Waals surface area contributed by atoms with E-state index in [2.05, 4.69) is 29.1 Å². The van der Waals surface area contributed by atoms with E-state index in [-0.39, 0.29) is 11.9 Å². The Morgan fingerprint density at radius 2 is 2.08 bits per heavy atom. The van der Waals surface area contributed by atoms with Gasteiger partial charge in [-0.1, -0.05) is 13.8 Å². The molecule has 1 amide bonds. The number of pyridine rings is 1. The maximum absolute atomic E-state index is 12.5. The molecule has 6 nitrogen and oxygen atoms in total. The Morgan fingerprint density at radius 3 is 2.75 bits per heavy atom. The van der Waals surface area contributed by atoms with Crippen molar-refractivity contribution in [3.8, 4) is 0 Å². The molecule has 130 valence electrons. The molecule has 1 aliphatic carbocycles. The van der Waals surface area contributed by atoms with Crippen LogP contribution in [0.1, 0.15) is 49.9 Å². The van der Waals surface area contributed by atoms with Crippen molar-refractivity contribution < 1.29 is 9.53 Å². The first kappa shape index (κ1) is 16.9. The molecule has 0 unspecified atom stereocenters. The monoisotopic (exact) mass is 330 g/mol. The molecule has 2 heterocycles. The topological polar surface area (TPSA) is 69.0 Å². The van der Waals surface area contributed by atoms with E-state index in [1.807, 2.05) is 10.6 Å². The number of amides is 1. The Balaban J connectivity index is 1.67. The number of carbonyl (C=O) groups excluding carboxylic acids is 1. The molecule has 0 saturated heterocycles. The molecule has 2 aromatic heterocycles. The van der Waals surface area contributed by atoms with Crippen molar-refractivity contribution in [1.29, 1.82) is 0 Å². The lowest BCUT2D eigenvalue weighted by atomic mass is 9.93. The van der Waals surface area contributed by atoms with Gasteiger partial charge in [0.2, 0.25) is 0 Å². The third-order valence-electron chi connectivity index (χ3n) is 4.62. The van der Waals surface area contributed by atoms with Gasteiger partial charge in [-0.3, -0.25) is 4.79 Å². The summed E-state index contributed by atoms with van der Waals surface area (Å²) in [7, 11) is 1.75. The van der Waals surface area contributed by atoms with Crippen LogP contribution in [0.4, 0.5) is 0 Å². The van der Waals surface area contributed by atoms with Crippen molar-refractivity contribution in [3.63, 3.8) is 0 Å². The fourth-order valence-electron chi connectivity index (χ4n) is 3.31. The number of methoxy groups -OCH3 is 1. The summed E-state index contributed by atoms with van der Waals surface area (Å²) < 4.78 is 7.41. The minimum absolute atomic E-state index is 0.0660. The fourth-order valence-corrected chi connectivity index (χ4v) is 3.31. The highest BCUT2D eigenvalue weighted by molar-refractivity contribution is 5.96. The number of fused-ring (bicyclic) bond motifs is 1. The highest BCUT2D eigenvalue weighted by Gasteiger charge is 2.22. The molecular weight excluding hydrogens is 304 g/mol. The number of hydrogen-bond donors (Lipinski definition) is 1. The molecule has 2 aromatic rings. The Bertz CT molecular complexity index is 702. The highest BCUT2D eigenvalue weighted by atomic mass is 16.5. The van der Waals surface area contributed by atoms with Crippen molar-refractivity contribution in [2.24, 2.45) is 5.92 Å². The lowest BCUT2D eigenvalue weighted by Crippen LogP contribution is -2.38. The lowest BCUT2D eigenvalue weighted by Gasteiger charge is -2.28. The van der Waals surface area contributed by atoms with Gasteiger partial charge in [-0.2, -0.15) is 0 Å². The summed E-state index contributed by atoms with van der Waals surface area (Å²) in [6.45, 7) is 5.19. The Hall–Kier alpha value is -1.95. The van der Waals surface area contributed by atoms with Crippen LogP contribution in [0, 0.1) is 5.92 Å². The zero-order valence-electron chi connectivity index (χ0n) is 14.7. The predicted octanol–water partition coefficient (Wildman–Crippen LogP) is 2.77. The van der Waals surface area contributed by atoms with E-state index < -0.39 is 0 Å². The molecule has 0 spiro atoms. The summed E-state index contributed by atoms with van der Waals surface area (Å²) >= 11 is 0. The first-order valence-corrected chi connectivity index (χ1v) is 8.71. The van der Waals surface area contributed by atoms with Gasteiger partial charge >= 0.3 is 0 Å². The number of imidazole rings is 1. The van der Waals surface area contributed by atoms with E-state index in [0.29, 0.717) is 17.6 Å². The number of aromatic nitrogens is 3. The average molecular weight is 330 g/mol. The van der Waals surface area contributed by atoms with E-state index in [1.54, 1.807) is 19.6 Å². The number of carbonyl (C=O) groups is 1. The Kier molecular flexibility index (Phi) is 5.14. The van der Waals surface area contributed by atoms with Crippen LogP contribution >= 0.6 is 0 Å². The zero-order chi connectivity index (χ0) is 17.1. The fraction of sp³-hybridized carbons (Fsp3) is 0.611. The van der Waals surface area contributed by atoms with Crippen LogP contribution in [0.5, 0.6) is 0 Å². The van der Waals surface area contributed by atoms with Crippen molar-refractivity contribution in [2.45, 2.75) is 58.2 Å². The summed E-state index contributed by atoms with van der Waals surface area (Å²) in [5.41, 5.74) is 2.18. The SMILES string of the molecule is COC1CCC(NC(=O)c2cnc3c(c2)ncn3CC(C)C)CC1. The minimum Gasteiger partial charge on any atom is -0.381 e. The lowest BCUT2D eigenvalue weighted by molar-refractivity contribution is 0.0599. The first-order valence-electron chi connectivity index (χ1n) is 8.71. The average Bonchev–Trinajstić information content (AvgIpc) is 2.97. The van der Waals surface area contributed by atoms with Gasteiger partial charge in [-0.15, -0.1) is 0 Å². The largest absolute Gasteiger partial charge is 0.381 e. The normalized spacial score (nSPS) is 21.3. The van der Waals surface area contributed by atoms with E-state index in [9.17, 15) is 4.79 Å². The van der Waals surface area contributed by atoms with Crippen LogP contribution in [-0.4, -0.2) is 39.7 Å². The van der Waals surface area contributed by atoms with E-state index in [4.69, 9.17) is 4.74 Å². The summed E-state index contributed by atoms with van der Waals surface area (Å²) in [5.74, 6) is 0.457. The highest BCUT2D eigenvalue weighted by Crippen LogP contribution is 2.21.